The van der Waals surface area contributed by atoms with Crippen molar-refractivity contribution in [1.82, 2.24) is 4.57 Å². The van der Waals surface area contributed by atoms with Crippen LogP contribution in [0.1, 0.15) is 49.9 Å². The second kappa shape index (κ2) is 13.6. The summed E-state index contributed by atoms with van der Waals surface area (Å²) in [5.41, 5.74) is 22.3. The Balaban J connectivity index is 0.953. The van der Waals surface area contributed by atoms with Crippen LogP contribution in [0.15, 0.2) is 209 Å². The standard InChI is InChI=1S/C68H45NO2/c1-67(2)53-34-49-50-35-54-52(64-42-23-11-9-21-40(42)48(33-56(64)68(54,3)4)44-27-17-31-62-66(44)46-25-13-15-29-60(46)71-62)37-58(50)69(38-18-6-5-7-19-38)57(49)36-51(53)63-41-22-10-8-20-39(41)47(32-55(63)67)43-26-16-30-61-65(43)45-24-12-14-28-59(45)70-61/h5-37H,1-4H3. The lowest BCUT2D eigenvalue weighted by Gasteiger charge is -2.23. The normalized spacial score (nSPS) is 14.4. The lowest BCUT2D eigenvalue weighted by Crippen LogP contribution is -2.15. The number of nitrogens with zero attached hydrogens (tertiary/aromatic N) is 1. The molecular weight excluding hydrogens is 863 g/mol. The predicted octanol–water partition coefficient (Wildman–Crippen LogP) is 18.8. The number of rotatable bonds is 3. The minimum Gasteiger partial charge on any atom is -0.456 e. The summed E-state index contributed by atoms with van der Waals surface area (Å²) in [4.78, 5) is 0. The molecule has 3 heterocycles. The van der Waals surface area contributed by atoms with Gasteiger partial charge in [0, 0.05) is 48.8 Å². The van der Waals surface area contributed by atoms with E-state index in [2.05, 4.69) is 232 Å². The molecule has 0 aliphatic heterocycles. The molecule has 0 unspecified atom stereocenters. The molecule has 0 saturated carbocycles. The van der Waals surface area contributed by atoms with E-state index < -0.39 is 0 Å². The van der Waals surface area contributed by atoms with Gasteiger partial charge in [-0.15, -0.1) is 0 Å². The van der Waals surface area contributed by atoms with Gasteiger partial charge in [-0.3, -0.25) is 0 Å². The Morgan fingerprint density at radius 1 is 0.296 bits per heavy atom. The quantitative estimate of drug-likeness (QED) is 0.177. The molecule has 71 heavy (non-hydrogen) atoms. The van der Waals surface area contributed by atoms with E-state index >= 15 is 0 Å². The number of hydrogen-bond donors (Lipinski definition) is 0. The molecular formula is C68H45NO2. The maximum Gasteiger partial charge on any atom is 0.136 e. The summed E-state index contributed by atoms with van der Waals surface area (Å²) in [6.07, 6.45) is 0. The Kier molecular flexibility index (Phi) is 7.49. The molecule has 14 aromatic rings. The third-order valence-corrected chi connectivity index (χ3v) is 16.8. The summed E-state index contributed by atoms with van der Waals surface area (Å²) in [5, 5.41) is 12.2. The van der Waals surface area contributed by atoms with Gasteiger partial charge in [0.25, 0.3) is 0 Å². The summed E-state index contributed by atoms with van der Waals surface area (Å²) in [7, 11) is 0. The molecule has 3 nitrogen and oxygen atoms in total. The van der Waals surface area contributed by atoms with Crippen molar-refractivity contribution in [2.75, 3.05) is 0 Å². The van der Waals surface area contributed by atoms with Gasteiger partial charge in [0.15, 0.2) is 0 Å². The van der Waals surface area contributed by atoms with Crippen molar-refractivity contribution in [3.8, 4) is 50.2 Å². The van der Waals surface area contributed by atoms with E-state index in [0.29, 0.717) is 0 Å². The third-order valence-electron chi connectivity index (χ3n) is 16.8. The second-order valence-electron chi connectivity index (χ2n) is 21.1. The smallest absolute Gasteiger partial charge is 0.136 e. The maximum atomic E-state index is 6.45. The molecule has 0 bridgehead atoms. The van der Waals surface area contributed by atoms with Crippen LogP contribution in [-0.2, 0) is 10.8 Å². The fourth-order valence-electron chi connectivity index (χ4n) is 13.5. The zero-order chi connectivity index (χ0) is 47.1. The van der Waals surface area contributed by atoms with Gasteiger partial charge in [0.05, 0.1) is 11.0 Å². The lowest BCUT2D eigenvalue weighted by molar-refractivity contribution is 0.661. The third kappa shape index (κ3) is 5.02. The van der Waals surface area contributed by atoms with Crippen LogP contribution in [0.25, 0.3) is 137 Å². The highest BCUT2D eigenvalue weighted by Crippen LogP contribution is 2.58. The van der Waals surface area contributed by atoms with E-state index in [4.69, 9.17) is 8.83 Å². The van der Waals surface area contributed by atoms with Gasteiger partial charge in [-0.05, 0) is 161 Å². The van der Waals surface area contributed by atoms with Crippen LogP contribution in [0.3, 0.4) is 0 Å². The van der Waals surface area contributed by atoms with Gasteiger partial charge in [-0.25, -0.2) is 0 Å². The molecule has 334 valence electrons. The van der Waals surface area contributed by atoms with Gasteiger partial charge in [-0.2, -0.15) is 0 Å². The first kappa shape index (κ1) is 39.2. The number of fused-ring (bicyclic) bond motifs is 19. The molecule has 16 rings (SSSR count). The van der Waals surface area contributed by atoms with E-state index in [1.54, 1.807) is 0 Å². The summed E-state index contributed by atoms with van der Waals surface area (Å²) in [6.45, 7) is 9.72. The average molecular weight is 908 g/mol. The van der Waals surface area contributed by atoms with Gasteiger partial charge in [0.1, 0.15) is 22.3 Å². The number of benzene rings is 11. The molecule has 2 aliphatic rings. The Labute approximate surface area is 409 Å². The Bertz CT molecular complexity index is 4410. The maximum absolute atomic E-state index is 6.45. The van der Waals surface area contributed by atoms with Gasteiger partial charge in [-0.1, -0.05) is 155 Å². The summed E-state index contributed by atoms with van der Waals surface area (Å²) in [6, 6.07) is 74.1. The molecule has 0 fully saturated rings. The van der Waals surface area contributed by atoms with Crippen LogP contribution in [0, 0.1) is 0 Å². The second-order valence-corrected chi connectivity index (χ2v) is 21.1. The van der Waals surface area contributed by atoms with Crippen LogP contribution < -0.4 is 0 Å². The number of para-hydroxylation sites is 3. The van der Waals surface area contributed by atoms with Gasteiger partial charge in [0.2, 0.25) is 0 Å². The van der Waals surface area contributed by atoms with Crippen LogP contribution in [0.5, 0.6) is 0 Å². The molecule has 3 heteroatoms. The Morgan fingerprint density at radius 2 is 0.690 bits per heavy atom. The highest BCUT2D eigenvalue weighted by Gasteiger charge is 2.41. The van der Waals surface area contributed by atoms with Gasteiger partial charge < -0.3 is 13.4 Å². The number of hydrogen-bond acceptors (Lipinski definition) is 2. The molecule has 3 aromatic heterocycles. The molecule has 0 N–H and O–H groups in total. The van der Waals surface area contributed by atoms with Crippen LogP contribution >= 0.6 is 0 Å². The molecule has 0 saturated heterocycles. The van der Waals surface area contributed by atoms with Gasteiger partial charge >= 0.3 is 0 Å². The highest BCUT2D eigenvalue weighted by molar-refractivity contribution is 6.21. The van der Waals surface area contributed by atoms with E-state index in [-0.39, 0.29) is 10.8 Å². The lowest BCUT2D eigenvalue weighted by atomic mass is 9.79. The van der Waals surface area contributed by atoms with Crippen molar-refractivity contribution in [1.29, 1.82) is 0 Å². The van der Waals surface area contributed by atoms with E-state index in [1.165, 1.54) is 121 Å². The summed E-state index contributed by atoms with van der Waals surface area (Å²) in [5.74, 6) is 0. The first-order chi connectivity index (χ1) is 34.7. The molecule has 0 spiro atoms. The zero-order valence-electron chi connectivity index (χ0n) is 39.8. The van der Waals surface area contributed by atoms with E-state index in [0.717, 1.165) is 38.8 Å². The fourth-order valence-corrected chi connectivity index (χ4v) is 13.5. The Hall–Kier alpha value is -8.66. The number of aromatic nitrogens is 1. The largest absolute Gasteiger partial charge is 0.456 e. The number of furan rings is 2. The van der Waals surface area contributed by atoms with Crippen molar-refractivity contribution in [2.45, 2.75) is 38.5 Å². The topological polar surface area (TPSA) is 31.2 Å². The average Bonchev–Trinajstić information content (AvgIpc) is 4.17. The molecule has 11 aromatic carbocycles. The van der Waals surface area contributed by atoms with Crippen molar-refractivity contribution >= 4 is 87.2 Å². The van der Waals surface area contributed by atoms with E-state index in [9.17, 15) is 0 Å². The SMILES string of the molecule is CC1(C)c2cc3c4cc5c(cc4n(-c4ccccc4)c3cc2-c2c1cc(-c1cccc3oc4ccccc4c13)c1ccccc21)-c1c(cc(-c2cccc3oc4ccccc4c23)c2ccccc12)C5(C)C. The monoisotopic (exact) mass is 907 g/mol. The molecule has 0 atom stereocenters. The summed E-state index contributed by atoms with van der Waals surface area (Å²) >= 11 is 0. The molecule has 0 radical (unpaired) electrons. The minimum absolute atomic E-state index is 0.282. The molecule has 0 amide bonds. The van der Waals surface area contributed by atoms with Crippen molar-refractivity contribution in [3.05, 3.63) is 222 Å². The fraction of sp³-hybridized carbons (Fsp3) is 0.0882. The first-order valence-corrected chi connectivity index (χ1v) is 24.9. The van der Waals surface area contributed by atoms with Crippen LogP contribution in [0.2, 0.25) is 0 Å². The first-order valence-electron chi connectivity index (χ1n) is 24.9. The Morgan fingerprint density at radius 3 is 1.15 bits per heavy atom. The minimum atomic E-state index is -0.282. The van der Waals surface area contributed by atoms with Crippen molar-refractivity contribution in [2.24, 2.45) is 0 Å². The van der Waals surface area contributed by atoms with Crippen LogP contribution in [0.4, 0.5) is 0 Å². The van der Waals surface area contributed by atoms with Crippen molar-refractivity contribution < 1.29 is 8.83 Å². The van der Waals surface area contributed by atoms with Crippen molar-refractivity contribution in [3.63, 3.8) is 0 Å². The summed E-state index contributed by atoms with van der Waals surface area (Å²) < 4.78 is 15.4. The zero-order valence-corrected chi connectivity index (χ0v) is 39.8. The predicted molar refractivity (Wildman–Crippen MR) is 296 cm³/mol. The van der Waals surface area contributed by atoms with Crippen LogP contribution in [-0.4, -0.2) is 4.57 Å². The highest BCUT2D eigenvalue weighted by atomic mass is 16.3. The molecule has 2 aliphatic carbocycles. The van der Waals surface area contributed by atoms with E-state index in [1.807, 2.05) is 0 Å².